The zero-order chi connectivity index (χ0) is 15.6. The minimum absolute atomic E-state index is 0.0666. The number of hydrogen-bond donors (Lipinski definition) is 2. The Hall–Kier alpha value is -2.70. The molecular formula is C14H15N3O4. The molecule has 2 N–H and O–H groups in total. The normalized spacial score (nSPS) is 11.2. The maximum atomic E-state index is 11.8. The second-order valence-corrected chi connectivity index (χ2v) is 5.39. The van der Waals surface area contributed by atoms with Crippen LogP contribution in [-0.2, 0) is 4.74 Å². The lowest BCUT2D eigenvalue weighted by Gasteiger charge is -2.19. The summed E-state index contributed by atoms with van der Waals surface area (Å²) in [6, 6.07) is 3.08. The first kappa shape index (κ1) is 14.7. The van der Waals surface area contributed by atoms with Gasteiger partial charge in [-0.1, -0.05) is 0 Å². The molecule has 0 aliphatic rings. The molecule has 2 heterocycles. The largest absolute Gasteiger partial charge is 0.478 e. The second-order valence-electron chi connectivity index (χ2n) is 5.39. The lowest BCUT2D eigenvalue weighted by atomic mass is 10.2. The first-order chi connectivity index (χ1) is 9.76. The van der Waals surface area contributed by atoms with Crippen LogP contribution in [0.3, 0.4) is 0 Å². The Balaban J connectivity index is 2.33. The standard InChI is InChI=1S/C14H15N3O4/c1-14(2,3)21-13(20)17-11-10-8(4-5-15-11)6-9(7-16-10)12(18)19/h4-7H,1-3H3,(H,18,19)(H,15,17,20). The Morgan fingerprint density at radius 2 is 2.00 bits per heavy atom. The molecule has 0 unspecified atom stereocenters. The van der Waals surface area contributed by atoms with E-state index < -0.39 is 17.7 Å². The highest BCUT2D eigenvalue weighted by Gasteiger charge is 2.18. The molecule has 0 spiro atoms. The molecule has 0 aliphatic heterocycles. The fraction of sp³-hybridized carbons (Fsp3) is 0.286. The number of carboxylic acids is 1. The SMILES string of the molecule is CC(C)(C)OC(=O)Nc1nccc2cc(C(=O)O)cnc12. The Kier molecular flexibility index (Phi) is 3.75. The molecule has 0 aromatic carbocycles. The van der Waals surface area contributed by atoms with Crippen LogP contribution in [0.15, 0.2) is 24.5 Å². The number of amides is 1. The monoisotopic (exact) mass is 289 g/mol. The van der Waals surface area contributed by atoms with Crippen LogP contribution in [0.4, 0.5) is 10.6 Å². The van der Waals surface area contributed by atoms with Gasteiger partial charge in [0.2, 0.25) is 0 Å². The molecule has 0 radical (unpaired) electrons. The third-order valence-electron chi connectivity index (χ3n) is 2.47. The van der Waals surface area contributed by atoms with Gasteiger partial charge in [-0.15, -0.1) is 0 Å². The number of carbonyl (C=O) groups is 2. The maximum absolute atomic E-state index is 11.8. The zero-order valence-corrected chi connectivity index (χ0v) is 11.9. The Bertz CT molecular complexity index is 707. The van der Waals surface area contributed by atoms with Crippen LogP contribution in [0.1, 0.15) is 31.1 Å². The predicted octanol–water partition coefficient (Wildman–Crippen LogP) is 2.68. The average molecular weight is 289 g/mol. The molecule has 0 aliphatic carbocycles. The summed E-state index contributed by atoms with van der Waals surface area (Å²) in [6.07, 6.45) is 2.03. The number of aromatic nitrogens is 2. The van der Waals surface area contributed by atoms with E-state index in [-0.39, 0.29) is 11.4 Å². The van der Waals surface area contributed by atoms with Crippen LogP contribution in [0, 0.1) is 0 Å². The van der Waals surface area contributed by atoms with Crippen molar-refractivity contribution in [3.05, 3.63) is 30.1 Å². The van der Waals surface area contributed by atoms with Gasteiger partial charge in [0.1, 0.15) is 11.1 Å². The topological polar surface area (TPSA) is 101 Å². The van der Waals surface area contributed by atoms with Gasteiger partial charge >= 0.3 is 12.1 Å². The third-order valence-corrected chi connectivity index (χ3v) is 2.47. The number of aromatic carboxylic acids is 1. The van der Waals surface area contributed by atoms with Crippen molar-refractivity contribution in [3.63, 3.8) is 0 Å². The predicted molar refractivity (Wildman–Crippen MR) is 76.4 cm³/mol. The van der Waals surface area contributed by atoms with Gasteiger partial charge in [-0.05, 0) is 32.9 Å². The van der Waals surface area contributed by atoms with Crippen molar-refractivity contribution in [1.29, 1.82) is 0 Å². The molecule has 1 amide bonds. The molecule has 2 rings (SSSR count). The lowest BCUT2D eigenvalue weighted by molar-refractivity contribution is 0.0633. The van der Waals surface area contributed by atoms with Gasteiger partial charge < -0.3 is 9.84 Å². The number of pyridine rings is 2. The third kappa shape index (κ3) is 3.65. The van der Waals surface area contributed by atoms with E-state index in [0.29, 0.717) is 10.9 Å². The fourth-order valence-electron chi connectivity index (χ4n) is 1.67. The molecule has 0 fully saturated rings. The quantitative estimate of drug-likeness (QED) is 0.881. The first-order valence-electron chi connectivity index (χ1n) is 6.24. The van der Waals surface area contributed by atoms with E-state index in [2.05, 4.69) is 15.3 Å². The van der Waals surface area contributed by atoms with Crippen molar-refractivity contribution in [2.45, 2.75) is 26.4 Å². The summed E-state index contributed by atoms with van der Waals surface area (Å²) in [5.41, 5.74) is -0.163. The molecular weight excluding hydrogens is 274 g/mol. The number of nitrogens with one attached hydrogen (secondary N) is 1. The van der Waals surface area contributed by atoms with Gasteiger partial charge in [0.25, 0.3) is 0 Å². The Morgan fingerprint density at radius 3 is 2.62 bits per heavy atom. The van der Waals surface area contributed by atoms with Crippen LogP contribution in [0.25, 0.3) is 10.9 Å². The molecule has 0 bridgehead atoms. The first-order valence-corrected chi connectivity index (χ1v) is 6.24. The summed E-state index contributed by atoms with van der Waals surface area (Å²) in [4.78, 5) is 30.7. The molecule has 0 atom stereocenters. The molecule has 0 saturated heterocycles. The van der Waals surface area contributed by atoms with Crippen molar-refractivity contribution in [2.24, 2.45) is 0 Å². The smallest absolute Gasteiger partial charge is 0.413 e. The number of rotatable bonds is 2. The summed E-state index contributed by atoms with van der Waals surface area (Å²) in [5, 5.41) is 12.0. The molecule has 110 valence electrons. The fourth-order valence-corrected chi connectivity index (χ4v) is 1.67. The molecule has 2 aromatic heterocycles. The number of fused-ring (bicyclic) bond motifs is 1. The van der Waals surface area contributed by atoms with Gasteiger partial charge in [0.15, 0.2) is 5.82 Å². The van der Waals surface area contributed by atoms with Crippen LogP contribution in [0.2, 0.25) is 0 Å². The minimum Gasteiger partial charge on any atom is -0.478 e. The van der Waals surface area contributed by atoms with Gasteiger partial charge in [-0.3, -0.25) is 10.3 Å². The van der Waals surface area contributed by atoms with Crippen molar-refractivity contribution in [2.75, 3.05) is 5.32 Å². The number of ether oxygens (including phenoxy) is 1. The highest BCUT2D eigenvalue weighted by molar-refractivity contribution is 5.98. The van der Waals surface area contributed by atoms with Crippen LogP contribution in [-0.4, -0.2) is 32.7 Å². The average Bonchev–Trinajstić information content (AvgIpc) is 2.36. The summed E-state index contributed by atoms with van der Waals surface area (Å²) < 4.78 is 5.14. The molecule has 7 nitrogen and oxygen atoms in total. The molecule has 2 aromatic rings. The van der Waals surface area contributed by atoms with Crippen molar-refractivity contribution in [3.8, 4) is 0 Å². The highest BCUT2D eigenvalue weighted by atomic mass is 16.6. The Labute approximate surface area is 121 Å². The summed E-state index contributed by atoms with van der Waals surface area (Å²) >= 11 is 0. The zero-order valence-electron chi connectivity index (χ0n) is 11.9. The van der Waals surface area contributed by atoms with E-state index in [1.807, 2.05) is 0 Å². The minimum atomic E-state index is -1.07. The van der Waals surface area contributed by atoms with Gasteiger partial charge in [-0.2, -0.15) is 0 Å². The van der Waals surface area contributed by atoms with Crippen LogP contribution < -0.4 is 5.32 Å². The summed E-state index contributed by atoms with van der Waals surface area (Å²) in [5.74, 6) is -0.846. The number of nitrogens with zero attached hydrogens (tertiary/aromatic N) is 2. The lowest BCUT2D eigenvalue weighted by Crippen LogP contribution is -2.27. The second kappa shape index (κ2) is 5.35. The van der Waals surface area contributed by atoms with Crippen LogP contribution in [0.5, 0.6) is 0 Å². The number of anilines is 1. The van der Waals surface area contributed by atoms with E-state index in [0.717, 1.165) is 0 Å². The van der Waals surface area contributed by atoms with Crippen molar-refractivity contribution in [1.82, 2.24) is 9.97 Å². The number of hydrogen-bond acceptors (Lipinski definition) is 5. The Morgan fingerprint density at radius 1 is 1.29 bits per heavy atom. The van der Waals surface area contributed by atoms with Crippen molar-refractivity contribution < 1.29 is 19.4 Å². The van der Waals surface area contributed by atoms with Gasteiger partial charge in [-0.25, -0.2) is 14.6 Å². The van der Waals surface area contributed by atoms with E-state index >= 15 is 0 Å². The summed E-state index contributed by atoms with van der Waals surface area (Å²) in [7, 11) is 0. The molecule has 7 heteroatoms. The van der Waals surface area contributed by atoms with Crippen LogP contribution >= 0.6 is 0 Å². The summed E-state index contributed by atoms with van der Waals surface area (Å²) in [6.45, 7) is 5.25. The van der Waals surface area contributed by atoms with E-state index in [4.69, 9.17) is 9.84 Å². The van der Waals surface area contributed by atoms with Gasteiger partial charge in [0, 0.05) is 17.8 Å². The van der Waals surface area contributed by atoms with E-state index in [1.54, 1.807) is 26.8 Å². The maximum Gasteiger partial charge on any atom is 0.413 e. The van der Waals surface area contributed by atoms with E-state index in [9.17, 15) is 9.59 Å². The number of carbonyl (C=O) groups excluding carboxylic acids is 1. The molecule has 21 heavy (non-hydrogen) atoms. The van der Waals surface area contributed by atoms with Gasteiger partial charge in [0.05, 0.1) is 5.56 Å². The number of carboxylic acid groups (broad SMARTS) is 1. The van der Waals surface area contributed by atoms with E-state index in [1.165, 1.54) is 18.5 Å². The highest BCUT2D eigenvalue weighted by Crippen LogP contribution is 2.20. The van der Waals surface area contributed by atoms with Crippen molar-refractivity contribution >= 4 is 28.8 Å². The molecule has 0 saturated carbocycles.